The van der Waals surface area contributed by atoms with Crippen molar-refractivity contribution in [3.63, 3.8) is 0 Å². The van der Waals surface area contributed by atoms with Gasteiger partial charge in [-0.1, -0.05) is 32.4 Å². The summed E-state index contributed by atoms with van der Waals surface area (Å²) in [5, 5.41) is 11.0. The lowest BCUT2D eigenvalue weighted by molar-refractivity contribution is 0.119. The third-order valence-corrected chi connectivity index (χ3v) is 3.16. The van der Waals surface area contributed by atoms with E-state index in [1.165, 1.54) is 0 Å². The summed E-state index contributed by atoms with van der Waals surface area (Å²) in [7, 11) is 0. The molecular weight excluding hydrogens is 236 g/mol. The van der Waals surface area contributed by atoms with Gasteiger partial charge in [-0.25, -0.2) is 0 Å². The van der Waals surface area contributed by atoms with Gasteiger partial charge in [-0.2, -0.15) is 0 Å². The lowest BCUT2D eigenvalue weighted by Gasteiger charge is -2.23. The Morgan fingerprint density at radius 3 is 2.76 bits per heavy atom. The van der Waals surface area contributed by atoms with Gasteiger partial charge in [0.15, 0.2) is 0 Å². The minimum absolute atomic E-state index is 0.0766. The van der Waals surface area contributed by atoms with E-state index in [2.05, 4.69) is 20.8 Å². The maximum atomic E-state index is 10.3. The second-order valence-corrected chi connectivity index (χ2v) is 6.30. The van der Waals surface area contributed by atoms with Gasteiger partial charge < -0.3 is 9.84 Å². The van der Waals surface area contributed by atoms with Crippen LogP contribution < -0.4 is 4.74 Å². The Hall–Kier alpha value is -0.730. The van der Waals surface area contributed by atoms with Gasteiger partial charge in [0.1, 0.15) is 5.75 Å². The van der Waals surface area contributed by atoms with E-state index in [0.29, 0.717) is 18.1 Å². The van der Waals surface area contributed by atoms with Crippen molar-refractivity contribution in [2.45, 2.75) is 39.7 Å². The zero-order valence-electron chi connectivity index (χ0n) is 10.6. The lowest BCUT2D eigenvalue weighted by atomic mass is 9.86. The Bertz CT molecular complexity index is 421. The monoisotopic (exact) mass is 254 g/mol. The maximum absolute atomic E-state index is 10.3. The predicted molar refractivity (Wildman–Crippen MR) is 69.7 cm³/mol. The van der Waals surface area contributed by atoms with E-state index in [4.69, 9.17) is 16.3 Å². The highest BCUT2D eigenvalue weighted by molar-refractivity contribution is 6.30. The molecule has 0 fully saturated rings. The minimum atomic E-state index is -0.513. The second-order valence-electron chi connectivity index (χ2n) is 5.86. The van der Waals surface area contributed by atoms with Gasteiger partial charge in [0.25, 0.3) is 0 Å². The Kier molecular flexibility index (Phi) is 3.37. The molecule has 94 valence electrons. The van der Waals surface area contributed by atoms with Crippen molar-refractivity contribution >= 4 is 11.6 Å². The van der Waals surface area contributed by atoms with E-state index in [0.717, 1.165) is 23.3 Å². The predicted octanol–water partition coefficient (Wildman–Crippen LogP) is 3.74. The summed E-state index contributed by atoms with van der Waals surface area (Å²) in [4.78, 5) is 0. The molecule has 1 N–H and O–H groups in total. The molecule has 0 amide bonds. The summed E-state index contributed by atoms with van der Waals surface area (Å²) in [6.45, 7) is 7.02. The van der Waals surface area contributed by atoms with Crippen LogP contribution in [0.1, 0.15) is 44.4 Å². The highest BCUT2D eigenvalue weighted by Gasteiger charge is 2.25. The highest BCUT2D eigenvalue weighted by atomic mass is 35.5. The number of aliphatic hydroxyl groups is 1. The van der Waals surface area contributed by atoms with E-state index in [-0.39, 0.29) is 5.41 Å². The molecule has 1 unspecified atom stereocenters. The smallest absolute Gasteiger partial charge is 0.128 e. The second kappa shape index (κ2) is 4.51. The Morgan fingerprint density at radius 2 is 2.12 bits per heavy atom. The molecule has 1 heterocycles. The van der Waals surface area contributed by atoms with Crippen molar-refractivity contribution in [2.75, 3.05) is 6.61 Å². The number of hydrogen-bond donors (Lipinski definition) is 1. The summed E-state index contributed by atoms with van der Waals surface area (Å²) in [5.41, 5.74) is 2.02. The first-order valence-corrected chi connectivity index (χ1v) is 6.38. The SMILES string of the molecule is CC(C)(C)CC(O)c1cc(Cl)cc2c1OCC2. The number of ether oxygens (including phenoxy) is 1. The molecular formula is C14H19ClO2. The molecule has 3 heteroatoms. The van der Waals surface area contributed by atoms with Crippen LogP contribution in [0.25, 0.3) is 0 Å². The molecule has 0 bridgehead atoms. The van der Waals surface area contributed by atoms with Crippen molar-refractivity contribution in [1.82, 2.24) is 0 Å². The molecule has 0 saturated heterocycles. The van der Waals surface area contributed by atoms with Crippen LogP contribution in [0, 0.1) is 5.41 Å². The van der Waals surface area contributed by atoms with Crippen LogP contribution in [0.15, 0.2) is 12.1 Å². The van der Waals surface area contributed by atoms with Crippen molar-refractivity contribution in [1.29, 1.82) is 0 Å². The fourth-order valence-electron chi connectivity index (χ4n) is 2.24. The number of hydrogen-bond acceptors (Lipinski definition) is 2. The Balaban J connectivity index is 2.32. The summed E-state index contributed by atoms with van der Waals surface area (Å²) < 4.78 is 5.60. The molecule has 0 saturated carbocycles. The lowest BCUT2D eigenvalue weighted by Crippen LogP contribution is -2.12. The highest BCUT2D eigenvalue weighted by Crippen LogP contribution is 2.39. The minimum Gasteiger partial charge on any atom is -0.493 e. The van der Waals surface area contributed by atoms with Gasteiger partial charge in [0.05, 0.1) is 12.7 Å². The van der Waals surface area contributed by atoms with E-state index in [9.17, 15) is 5.11 Å². The first-order valence-electron chi connectivity index (χ1n) is 6.00. The number of benzene rings is 1. The van der Waals surface area contributed by atoms with Gasteiger partial charge in [-0.3, -0.25) is 0 Å². The normalized spacial score (nSPS) is 16.5. The first kappa shape index (κ1) is 12.7. The molecule has 1 aromatic rings. The largest absolute Gasteiger partial charge is 0.493 e. The Labute approximate surface area is 108 Å². The molecule has 1 aliphatic heterocycles. The molecule has 1 atom stereocenters. The number of aliphatic hydroxyl groups excluding tert-OH is 1. The van der Waals surface area contributed by atoms with Crippen LogP contribution in [0.3, 0.4) is 0 Å². The van der Waals surface area contributed by atoms with Gasteiger partial charge in [-0.05, 0) is 29.5 Å². The van der Waals surface area contributed by atoms with Crippen LogP contribution in [-0.4, -0.2) is 11.7 Å². The first-order chi connectivity index (χ1) is 7.87. The fraction of sp³-hybridized carbons (Fsp3) is 0.571. The zero-order chi connectivity index (χ0) is 12.6. The molecule has 1 aliphatic rings. The summed E-state index contributed by atoms with van der Waals surface area (Å²) >= 11 is 6.08. The van der Waals surface area contributed by atoms with Crippen LogP contribution in [0.4, 0.5) is 0 Å². The quantitative estimate of drug-likeness (QED) is 0.871. The van der Waals surface area contributed by atoms with Crippen LogP contribution in [0.5, 0.6) is 5.75 Å². The van der Waals surface area contributed by atoms with Crippen molar-refractivity contribution in [3.8, 4) is 5.75 Å². The van der Waals surface area contributed by atoms with Crippen molar-refractivity contribution in [3.05, 3.63) is 28.3 Å². The van der Waals surface area contributed by atoms with Gasteiger partial charge in [0, 0.05) is 17.0 Å². The third-order valence-electron chi connectivity index (χ3n) is 2.94. The van der Waals surface area contributed by atoms with Crippen molar-refractivity contribution in [2.24, 2.45) is 5.41 Å². The molecule has 0 radical (unpaired) electrons. The third kappa shape index (κ3) is 2.93. The van der Waals surface area contributed by atoms with Gasteiger partial charge >= 0.3 is 0 Å². The molecule has 17 heavy (non-hydrogen) atoms. The summed E-state index contributed by atoms with van der Waals surface area (Å²) in [6, 6.07) is 3.75. The van der Waals surface area contributed by atoms with Crippen LogP contribution >= 0.6 is 11.6 Å². The Morgan fingerprint density at radius 1 is 1.41 bits per heavy atom. The van der Waals surface area contributed by atoms with E-state index in [1.807, 2.05) is 12.1 Å². The number of halogens is 1. The van der Waals surface area contributed by atoms with E-state index >= 15 is 0 Å². The molecule has 0 aliphatic carbocycles. The zero-order valence-corrected chi connectivity index (χ0v) is 11.3. The van der Waals surface area contributed by atoms with Crippen LogP contribution in [-0.2, 0) is 6.42 Å². The maximum Gasteiger partial charge on any atom is 0.128 e. The number of rotatable bonds is 2. The van der Waals surface area contributed by atoms with E-state index < -0.39 is 6.10 Å². The summed E-state index contributed by atoms with van der Waals surface area (Å²) in [5.74, 6) is 0.839. The molecule has 2 rings (SSSR count). The van der Waals surface area contributed by atoms with Crippen molar-refractivity contribution < 1.29 is 9.84 Å². The van der Waals surface area contributed by atoms with Gasteiger partial charge in [0.2, 0.25) is 0 Å². The molecule has 0 spiro atoms. The standard InChI is InChI=1S/C14H19ClO2/c1-14(2,3)8-12(16)11-7-10(15)6-9-4-5-17-13(9)11/h6-7,12,16H,4-5,8H2,1-3H3. The fourth-order valence-corrected chi connectivity index (χ4v) is 2.48. The molecule has 2 nitrogen and oxygen atoms in total. The average Bonchev–Trinajstić information content (AvgIpc) is 2.60. The molecule has 0 aromatic heterocycles. The number of fused-ring (bicyclic) bond motifs is 1. The average molecular weight is 255 g/mol. The van der Waals surface area contributed by atoms with E-state index in [1.54, 1.807) is 0 Å². The molecule has 1 aromatic carbocycles. The van der Waals surface area contributed by atoms with Gasteiger partial charge in [-0.15, -0.1) is 0 Å². The topological polar surface area (TPSA) is 29.5 Å². The van der Waals surface area contributed by atoms with Crippen LogP contribution in [0.2, 0.25) is 5.02 Å². The summed E-state index contributed by atoms with van der Waals surface area (Å²) in [6.07, 6.45) is 1.06.